The fourth-order valence-corrected chi connectivity index (χ4v) is 1.55. The van der Waals surface area contributed by atoms with Crippen molar-refractivity contribution < 1.29 is 5.11 Å². The molecule has 0 bridgehead atoms. The van der Waals surface area contributed by atoms with E-state index < -0.39 is 0 Å². The minimum absolute atomic E-state index is 0.0214. The number of aliphatic hydroxyl groups excluding tert-OH is 1. The summed E-state index contributed by atoms with van der Waals surface area (Å²) in [4.78, 5) is 0. The highest BCUT2D eigenvalue weighted by molar-refractivity contribution is 5.56. The number of hydrogen-bond donors (Lipinski definition) is 1. The quantitative estimate of drug-likeness (QED) is 0.802. The summed E-state index contributed by atoms with van der Waals surface area (Å²) in [5.74, 6) is 0. The minimum atomic E-state index is 0.0214. The van der Waals surface area contributed by atoms with Gasteiger partial charge in [0, 0.05) is 0 Å². The third-order valence-corrected chi connectivity index (χ3v) is 3.01. The van der Waals surface area contributed by atoms with Crippen molar-refractivity contribution in [1.29, 1.82) is 0 Å². The second kappa shape index (κ2) is 4.84. The Morgan fingerprint density at radius 3 is 2.25 bits per heavy atom. The average Bonchev–Trinajstić information content (AvgIpc) is 2.18. The van der Waals surface area contributed by atoms with E-state index in [1.165, 1.54) is 16.7 Å². The zero-order valence-electron chi connectivity index (χ0n) is 11.0. The van der Waals surface area contributed by atoms with Crippen molar-refractivity contribution in [2.75, 3.05) is 6.61 Å². The topological polar surface area (TPSA) is 20.2 Å². The van der Waals surface area contributed by atoms with Crippen LogP contribution in [0.15, 0.2) is 23.8 Å². The molecule has 0 spiro atoms. The van der Waals surface area contributed by atoms with Crippen LogP contribution in [0.5, 0.6) is 0 Å². The van der Waals surface area contributed by atoms with Crippen LogP contribution in [0.4, 0.5) is 0 Å². The highest BCUT2D eigenvalue weighted by Crippen LogP contribution is 2.27. The van der Waals surface area contributed by atoms with Crippen LogP contribution in [-0.4, -0.2) is 11.7 Å². The zero-order valence-corrected chi connectivity index (χ0v) is 11.0. The summed E-state index contributed by atoms with van der Waals surface area (Å²) >= 11 is 0. The number of aryl methyl sites for hydroxylation is 2. The van der Waals surface area contributed by atoms with Crippen molar-refractivity contribution in [3.8, 4) is 0 Å². The molecule has 0 heterocycles. The maximum atomic E-state index is 9.38. The summed E-state index contributed by atoms with van der Waals surface area (Å²) in [6, 6.07) is 6.39. The lowest BCUT2D eigenvalue weighted by Crippen LogP contribution is -2.12. The monoisotopic (exact) mass is 218 g/mol. The third-order valence-electron chi connectivity index (χ3n) is 3.01. The van der Waals surface area contributed by atoms with Crippen LogP contribution in [-0.2, 0) is 0 Å². The smallest absolute Gasteiger partial charge is 0.0650 e. The highest BCUT2D eigenvalue weighted by Gasteiger charge is 2.15. The molecule has 0 aliphatic heterocycles. The molecule has 1 N–H and O–H groups in total. The normalized spacial score (nSPS) is 13.0. The van der Waals surface area contributed by atoms with E-state index in [1.54, 1.807) is 0 Å². The van der Waals surface area contributed by atoms with Crippen molar-refractivity contribution >= 4 is 6.08 Å². The van der Waals surface area contributed by atoms with Gasteiger partial charge in [-0.2, -0.15) is 0 Å². The molecular weight excluding hydrogens is 196 g/mol. The van der Waals surface area contributed by atoms with E-state index in [2.05, 4.69) is 58.9 Å². The maximum Gasteiger partial charge on any atom is 0.0650 e. The molecule has 0 atom stereocenters. The van der Waals surface area contributed by atoms with Crippen LogP contribution < -0.4 is 0 Å². The van der Waals surface area contributed by atoms with Crippen LogP contribution in [0, 0.1) is 19.3 Å². The van der Waals surface area contributed by atoms with Gasteiger partial charge in [-0.15, -0.1) is 0 Å². The van der Waals surface area contributed by atoms with Crippen molar-refractivity contribution in [1.82, 2.24) is 0 Å². The van der Waals surface area contributed by atoms with E-state index in [9.17, 15) is 5.11 Å². The lowest BCUT2D eigenvalue weighted by Gasteiger charge is -2.21. The SMILES string of the molecule is Cc1ccc(/C=C(/CO)C(C)(C)C)cc1C. The second-order valence-corrected chi connectivity index (χ2v) is 5.42. The average molecular weight is 218 g/mol. The Kier molecular flexibility index (Phi) is 3.93. The number of hydrogen-bond acceptors (Lipinski definition) is 1. The predicted molar refractivity (Wildman–Crippen MR) is 70.4 cm³/mol. The van der Waals surface area contributed by atoms with Crippen LogP contribution >= 0.6 is 0 Å². The third kappa shape index (κ3) is 3.21. The molecule has 88 valence electrons. The molecule has 0 aromatic heterocycles. The molecule has 0 saturated carbocycles. The Hall–Kier alpha value is -1.08. The van der Waals surface area contributed by atoms with Gasteiger partial charge in [0.2, 0.25) is 0 Å². The van der Waals surface area contributed by atoms with Crippen molar-refractivity contribution in [2.24, 2.45) is 5.41 Å². The van der Waals surface area contributed by atoms with Gasteiger partial charge in [0.15, 0.2) is 0 Å². The molecule has 1 aromatic rings. The first-order valence-electron chi connectivity index (χ1n) is 5.74. The predicted octanol–water partition coefficient (Wildman–Crippen LogP) is 3.73. The Morgan fingerprint density at radius 2 is 1.81 bits per heavy atom. The lowest BCUT2D eigenvalue weighted by atomic mass is 9.85. The molecule has 1 heteroatoms. The maximum absolute atomic E-state index is 9.38. The summed E-state index contributed by atoms with van der Waals surface area (Å²) in [5, 5.41) is 9.38. The number of aliphatic hydroxyl groups is 1. The van der Waals surface area contributed by atoms with E-state index in [1.807, 2.05) is 0 Å². The Bertz CT molecular complexity index is 394. The molecule has 1 rings (SSSR count). The summed E-state index contributed by atoms with van der Waals surface area (Å²) in [6.07, 6.45) is 2.09. The van der Waals surface area contributed by atoms with Crippen LogP contribution in [0.25, 0.3) is 6.08 Å². The van der Waals surface area contributed by atoms with E-state index in [0.717, 1.165) is 5.57 Å². The van der Waals surface area contributed by atoms with Gasteiger partial charge in [-0.05, 0) is 41.5 Å². The number of rotatable bonds is 2. The first-order valence-corrected chi connectivity index (χ1v) is 5.74. The van der Waals surface area contributed by atoms with E-state index in [0.29, 0.717) is 0 Å². The van der Waals surface area contributed by atoms with Gasteiger partial charge >= 0.3 is 0 Å². The van der Waals surface area contributed by atoms with E-state index >= 15 is 0 Å². The zero-order chi connectivity index (χ0) is 12.3. The summed E-state index contributed by atoms with van der Waals surface area (Å²) in [7, 11) is 0. The first-order chi connectivity index (χ1) is 7.34. The molecule has 0 aliphatic carbocycles. The number of benzene rings is 1. The lowest BCUT2D eigenvalue weighted by molar-refractivity contribution is 0.298. The van der Waals surface area contributed by atoms with Crippen LogP contribution in [0.2, 0.25) is 0 Å². The molecule has 1 aromatic carbocycles. The van der Waals surface area contributed by atoms with E-state index in [-0.39, 0.29) is 12.0 Å². The van der Waals surface area contributed by atoms with Gasteiger partial charge in [0.1, 0.15) is 0 Å². The molecule has 0 saturated heterocycles. The van der Waals surface area contributed by atoms with Crippen LogP contribution in [0.3, 0.4) is 0 Å². The second-order valence-electron chi connectivity index (χ2n) is 5.42. The summed E-state index contributed by atoms with van der Waals surface area (Å²) in [6.45, 7) is 10.7. The van der Waals surface area contributed by atoms with Gasteiger partial charge in [0.05, 0.1) is 6.61 Å². The highest BCUT2D eigenvalue weighted by atomic mass is 16.3. The summed E-state index contributed by atoms with van der Waals surface area (Å²) < 4.78 is 0. The molecule has 0 radical (unpaired) electrons. The van der Waals surface area contributed by atoms with Crippen molar-refractivity contribution in [2.45, 2.75) is 34.6 Å². The molecule has 0 amide bonds. The fourth-order valence-electron chi connectivity index (χ4n) is 1.55. The fraction of sp³-hybridized carbons (Fsp3) is 0.467. The molecule has 0 fully saturated rings. The van der Waals surface area contributed by atoms with Gasteiger partial charge in [-0.1, -0.05) is 45.0 Å². The molecule has 0 aliphatic rings. The van der Waals surface area contributed by atoms with Gasteiger partial charge in [-0.25, -0.2) is 0 Å². The van der Waals surface area contributed by atoms with Gasteiger partial charge < -0.3 is 5.11 Å². The van der Waals surface area contributed by atoms with Gasteiger partial charge in [0.25, 0.3) is 0 Å². The van der Waals surface area contributed by atoms with Crippen molar-refractivity contribution in [3.05, 3.63) is 40.5 Å². The van der Waals surface area contributed by atoms with Gasteiger partial charge in [-0.3, -0.25) is 0 Å². The Labute approximate surface area is 98.8 Å². The molecule has 16 heavy (non-hydrogen) atoms. The summed E-state index contributed by atoms with van der Waals surface area (Å²) in [5.41, 5.74) is 4.85. The minimum Gasteiger partial charge on any atom is -0.392 e. The first kappa shape index (κ1) is 13.0. The van der Waals surface area contributed by atoms with Crippen LogP contribution in [0.1, 0.15) is 37.5 Å². The Balaban J connectivity index is 3.10. The van der Waals surface area contributed by atoms with Crippen molar-refractivity contribution in [3.63, 3.8) is 0 Å². The molecule has 1 nitrogen and oxygen atoms in total. The molecule has 0 unspecified atom stereocenters. The largest absolute Gasteiger partial charge is 0.392 e. The van der Waals surface area contributed by atoms with E-state index in [4.69, 9.17) is 0 Å². The molecular formula is C15H22O. The Morgan fingerprint density at radius 1 is 1.19 bits per heavy atom. The standard InChI is InChI=1S/C15H22O/c1-11-6-7-13(8-12(11)2)9-14(10-16)15(3,4)5/h6-9,16H,10H2,1-5H3/b14-9-.